The number of methoxy groups -OCH3 is 1. The van der Waals surface area contributed by atoms with Gasteiger partial charge in [-0.05, 0) is 7.05 Å². The Kier molecular flexibility index (Phi) is 7.76. The van der Waals surface area contributed by atoms with E-state index >= 15 is 0 Å². The predicted octanol–water partition coefficient (Wildman–Crippen LogP) is -4.41. The van der Waals surface area contributed by atoms with Crippen LogP contribution in [0.4, 0.5) is 0 Å². The summed E-state index contributed by atoms with van der Waals surface area (Å²) >= 11 is 0. The van der Waals surface area contributed by atoms with Gasteiger partial charge in [-0.1, -0.05) is 0 Å². The summed E-state index contributed by atoms with van der Waals surface area (Å²) in [7, 11) is 3.66. The van der Waals surface area contributed by atoms with Crippen LogP contribution in [0.2, 0.25) is 0 Å². The monoisotopic (exact) mass is 389 g/mol. The minimum atomic E-state index is -0.961. The molecule has 0 aliphatic carbocycles. The maximum absolute atomic E-state index is 10.6. The van der Waals surface area contributed by atoms with E-state index in [4.69, 9.17) is 15.2 Å². The Hall–Kier alpha value is -0.440. The van der Waals surface area contributed by atoms with Gasteiger partial charge in [0.25, 0.3) is 0 Å². The van der Waals surface area contributed by atoms with Crippen molar-refractivity contribution in [3.8, 4) is 0 Å². The highest BCUT2D eigenvalue weighted by molar-refractivity contribution is 5.01. The number of hydrogen-bond acceptors (Lipinski definition) is 11. The second-order valence-corrected chi connectivity index (χ2v) is 7.51. The van der Waals surface area contributed by atoms with Gasteiger partial charge in [0.15, 0.2) is 0 Å². The van der Waals surface area contributed by atoms with Crippen molar-refractivity contribution in [1.82, 2.24) is 31.1 Å². The van der Waals surface area contributed by atoms with Crippen LogP contribution in [-0.2, 0) is 9.47 Å². The van der Waals surface area contributed by atoms with Crippen molar-refractivity contribution in [1.29, 1.82) is 0 Å². The number of nitrogens with zero attached hydrogens (tertiary/aromatic N) is 2. The van der Waals surface area contributed by atoms with Gasteiger partial charge in [-0.15, -0.1) is 0 Å². The molecule has 3 saturated heterocycles. The van der Waals surface area contributed by atoms with Crippen molar-refractivity contribution in [3.05, 3.63) is 0 Å². The standard InChI is InChI=1S/C16H35N7O4/c1-22(5-3-18-4-6-26-2)7-10-12(24)13(25)16(27-10)23-9-21-11-14(17)19-8-20-15(11)23/h10-16,18-21,24-25H,3-9,17H2,1-2H3/t10-,11?,12-,13-,14?,15?,16-/m1/s1. The number of aliphatic hydroxyl groups is 2. The van der Waals surface area contributed by atoms with E-state index in [2.05, 4.69) is 26.2 Å². The molecule has 0 aromatic carbocycles. The lowest BCUT2D eigenvalue weighted by Crippen LogP contribution is -2.68. The number of fused-ring (bicyclic) bond motifs is 1. The van der Waals surface area contributed by atoms with Crippen LogP contribution < -0.4 is 27.0 Å². The maximum atomic E-state index is 10.6. The molecule has 3 aliphatic rings. The van der Waals surface area contributed by atoms with Crippen LogP contribution in [0, 0.1) is 0 Å². The van der Waals surface area contributed by atoms with Crippen molar-refractivity contribution in [2.75, 3.05) is 60.3 Å². The molecule has 3 fully saturated rings. The summed E-state index contributed by atoms with van der Waals surface area (Å²) in [5.41, 5.74) is 6.10. The fraction of sp³-hybridized carbons (Fsp3) is 1.00. The zero-order valence-corrected chi connectivity index (χ0v) is 16.2. The van der Waals surface area contributed by atoms with Crippen LogP contribution in [0.15, 0.2) is 0 Å². The minimum absolute atomic E-state index is 0.0200. The van der Waals surface area contributed by atoms with Gasteiger partial charge < -0.3 is 35.6 Å². The summed E-state index contributed by atoms with van der Waals surface area (Å²) in [5.74, 6) is 0. The average Bonchev–Trinajstić information content (AvgIpc) is 3.19. The smallest absolute Gasteiger partial charge is 0.142 e. The first kappa shape index (κ1) is 21.3. The number of nitrogens with two attached hydrogens (primary N) is 1. The number of aliphatic hydroxyl groups excluding tert-OH is 2. The summed E-state index contributed by atoms with van der Waals surface area (Å²) in [4.78, 5) is 4.10. The van der Waals surface area contributed by atoms with Gasteiger partial charge in [-0.25, -0.2) is 4.90 Å². The van der Waals surface area contributed by atoms with Crippen LogP contribution in [0.5, 0.6) is 0 Å². The summed E-state index contributed by atoms with van der Waals surface area (Å²) in [6, 6.07) is 0.0200. The lowest BCUT2D eigenvalue weighted by atomic mass is 10.1. The lowest BCUT2D eigenvalue weighted by Gasteiger charge is -2.38. The van der Waals surface area contributed by atoms with Gasteiger partial charge in [0.2, 0.25) is 0 Å². The molecule has 0 bridgehead atoms. The van der Waals surface area contributed by atoms with Crippen LogP contribution in [0.25, 0.3) is 0 Å². The fourth-order valence-electron chi connectivity index (χ4n) is 3.97. The average molecular weight is 390 g/mol. The third-order valence-electron chi connectivity index (χ3n) is 5.55. The zero-order chi connectivity index (χ0) is 19.4. The number of ether oxygens (including phenoxy) is 2. The molecule has 3 unspecified atom stereocenters. The van der Waals surface area contributed by atoms with E-state index in [9.17, 15) is 10.2 Å². The van der Waals surface area contributed by atoms with Gasteiger partial charge in [0.1, 0.15) is 24.5 Å². The summed E-state index contributed by atoms with van der Waals surface area (Å²) < 4.78 is 11.1. The summed E-state index contributed by atoms with van der Waals surface area (Å²) in [5, 5.41) is 34.2. The Labute approximate surface area is 160 Å². The first-order chi connectivity index (χ1) is 13.0. The van der Waals surface area contributed by atoms with E-state index in [0.717, 1.165) is 19.6 Å². The zero-order valence-electron chi connectivity index (χ0n) is 16.2. The Balaban J connectivity index is 1.49. The number of nitrogens with one attached hydrogen (secondary N) is 4. The van der Waals surface area contributed by atoms with Crippen LogP contribution in [0.1, 0.15) is 0 Å². The quantitative estimate of drug-likeness (QED) is 0.192. The van der Waals surface area contributed by atoms with Crippen molar-refractivity contribution in [3.63, 3.8) is 0 Å². The van der Waals surface area contributed by atoms with Crippen molar-refractivity contribution in [2.24, 2.45) is 5.73 Å². The van der Waals surface area contributed by atoms with E-state index in [-0.39, 0.29) is 18.4 Å². The van der Waals surface area contributed by atoms with E-state index in [1.54, 1.807) is 7.11 Å². The molecule has 11 heteroatoms. The summed E-state index contributed by atoms with van der Waals surface area (Å²) in [6.45, 7) is 4.80. The third kappa shape index (κ3) is 4.95. The van der Waals surface area contributed by atoms with E-state index in [0.29, 0.717) is 26.5 Å². The fourth-order valence-corrected chi connectivity index (χ4v) is 3.97. The molecule has 7 atom stereocenters. The molecule has 0 amide bonds. The SMILES string of the molecule is COCCNCCN(C)C[C@H]1O[C@@H](N2CNC3C(N)NCNC32)[C@H](O)[C@@H]1O. The van der Waals surface area contributed by atoms with Crippen molar-refractivity contribution in [2.45, 2.75) is 42.9 Å². The van der Waals surface area contributed by atoms with Crippen LogP contribution >= 0.6 is 0 Å². The highest BCUT2D eigenvalue weighted by atomic mass is 16.6. The van der Waals surface area contributed by atoms with Crippen molar-refractivity contribution < 1.29 is 19.7 Å². The number of likely N-dealkylation sites (N-methyl/N-ethyl adjacent to an activating group) is 1. The lowest BCUT2D eigenvalue weighted by molar-refractivity contribution is -0.106. The molecule has 8 N–H and O–H groups in total. The Bertz CT molecular complexity index is 462. The van der Waals surface area contributed by atoms with Gasteiger partial charge in [0, 0.05) is 40.0 Å². The molecule has 0 aromatic rings. The van der Waals surface area contributed by atoms with Crippen molar-refractivity contribution >= 4 is 0 Å². The molecule has 11 nitrogen and oxygen atoms in total. The second kappa shape index (κ2) is 9.85. The molecule has 27 heavy (non-hydrogen) atoms. The van der Waals surface area contributed by atoms with E-state index in [1.165, 1.54) is 0 Å². The number of rotatable bonds is 9. The molecular weight excluding hydrogens is 354 g/mol. The molecule has 0 radical (unpaired) electrons. The molecule has 3 heterocycles. The maximum Gasteiger partial charge on any atom is 0.142 e. The molecule has 0 saturated carbocycles. The Morgan fingerprint density at radius 3 is 2.85 bits per heavy atom. The first-order valence-corrected chi connectivity index (χ1v) is 9.64. The highest BCUT2D eigenvalue weighted by Crippen LogP contribution is 2.28. The van der Waals surface area contributed by atoms with Gasteiger partial charge >= 0.3 is 0 Å². The molecule has 0 spiro atoms. The van der Waals surface area contributed by atoms with Crippen LogP contribution in [-0.4, -0.2) is 123 Å². The molecule has 158 valence electrons. The van der Waals surface area contributed by atoms with Gasteiger partial charge in [-0.2, -0.15) is 0 Å². The minimum Gasteiger partial charge on any atom is -0.387 e. The molecule has 3 rings (SSSR count). The van der Waals surface area contributed by atoms with Gasteiger partial charge in [-0.3, -0.25) is 16.0 Å². The molecule has 3 aliphatic heterocycles. The highest BCUT2D eigenvalue weighted by Gasteiger charge is 2.51. The second-order valence-electron chi connectivity index (χ2n) is 7.51. The summed E-state index contributed by atoms with van der Waals surface area (Å²) in [6.07, 6.45) is -3.11. The normalized spacial score (nSPS) is 40.0. The Morgan fingerprint density at radius 1 is 1.26 bits per heavy atom. The third-order valence-corrected chi connectivity index (χ3v) is 5.55. The largest absolute Gasteiger partial charge is 0.387 e. The van der Waals surface area contributed by atoms with E-state index < -0.39 is 24.5 Å². The number of hydrogen-bond donors (Lipinski definition) is 7. The topological polar surface area (TPSA) is 140 Å². The van der Waals surface area contributed by atoms with Crippen LogP contribution in [0.3, 0.4) is 0 Å². The van der Waals surface area contributed by atoms with Gasteiger partial charge in [0.05, 0.1) is 31.6 Å². The Morgan fingerprint density at radius 2 is 2.07 bits per heavy atom. The first-order valence-electron chi connectivity index (χ1n) is 9.64. The molecular formula is C16H35N7O4. The molecule has 0 aromatic heterocycles. The predicted molar refractivity (Wildman–Crippen MR) is 99.4 cm³/mol. The van der Waals surface area contributed by atoms with E-state index in [1.807, 2.05) is 11.9 Å².